The van der Waals surface area contributed by atoms with Gasteiger partial charge in [0.1, 0.15) is 5.82 Å². The fourth-order valence-corrected chi connectivity index (χ4v) is 2.82. The molecule has 2 atom stereocenters. The Balaban J connectivity index is 2.19. The van der Waals surface area contributed by atoms with Crippen molar-refractivity contribution < 1.29 is 0 Å². The molecule has 5 heteroatoms. The number of nitrogen functional groups attached to an aromatic ring is 1. The van der Waals surface area contributed by atoms with Gasteiger partial charge in [-0.1, -0.05) is 6.92 Å². The lowest BCUT2D eigenvalue weighted by atomic mass is 9.94. The van der Waals surface area contributed by atoms with E-state index in [2.05, 4.69) is 43.1 Å². The van der Waals surface area contributed by atoms with E-state index in [9.17, 15) is 0 Å². The van der Waals surface area contributed by atoms with Crippen molar-refractivity contribution in [2.24, 2.45) is 5.92 Å². The first-order chi connectivity index (χ1) is 8.90. The molecule has 3 N–H and O–H groups in total. The molecule has 2 heterocycles. The molecule has 1 aliphatic heterocycles. The summed E-state index contributed by atoms with van der Waals surface area (Å²) < 4.78 is 2.01. The number of aromatic nitrogens is 2. The van der Waals surface area contributed by atoms with Crippen molar-refractivity contribution in [2.75, 3.05) is 31.2 Å². The molecular weight excluding hydrogens is 238 g/mol. The van der Waals surface area contributed by atoms with Crippen LogP contribution in [0.2, 0.25) is 0 Å². The number of rotatable bonds is 3. The van der Waals surface area contributed by atoms with Gasteiger partial charge in [-0.2, -0.15) is 5.10 Å². The van der Waals surface area contributed by atoms with E-state index in [1.54, 1.807) is 0 Å². The molecule has 1 aromatic rings. The molecule has 1 fully saturated rings. The molecule has 0 aliphatic carbocycles. The first-order valence-electron chi connectivity index (χ1n) is 7.19. The van der Waals surface area contributed by atoms with E-state index in [1.165, 1.54) is 0 Å². The number of piperidine rings is 1. The standard InChI is InChI=1S/C14H27N5/c1-9(2)19-14(13(15)11(4)17-19)16-12-6-7-18(5)8-10(12)3/h9-10,12,16H,6-8,15H2,1-5H3. The Hall–Kier alpha value is -1.23. The van der Waals surface area contributed by atoms with Crippen molar-refractivity contribution in [2.45, 2.75) is 46.2 Å². The maximum atomic E-state index is 6.17. The second-order valence-electron chi connectivity index (χ2n) is 6.17. The minimum absolute atomic E-state index is 0.320. The van der Waals surface area contributed by atoms with Crippen molar-refractivity contribution >= 4 is 11.5 Å². The number of hydrogen-bond acceptors (Lipinski definition) is 4. The monoisotopic (exact) mass is 265 g/mol. The zero-order chi connectivity index (χ0) is 14.2. The Morgan fingerprint density at radius 1 is 1.42 bits per heavy atom. The summed E-state index contributed by atoms with van der Waals surface area (Å²) in [5.74, 6) is 1.61. The highest BCUT2D eigenvalue weighted by Crippen LogP contribution is 2.29. The first-order valence-corrected chi connectivity index (χ1v) is 7.19. The van der Waals surface area contributed by atoms with E-state index < -0.39 is 0 Å². The van der Waals surface area contributed by atoms with Gasteiger partial charge in [0, 0.05) is 18.6 Å². The highest BCUT2D eigenvalue weighted by Gasteiger charge is 2.26. The second-order valence-corrected chi connectivity index (χ2v) is 6.17. The molecule has 0 amide bonds. The molecule has 5 nitrogen and oxygen atoms in total. The summed E-state index contributed by atoms with van der Waals surface area (Å²) in [6.45, 7) is 10.8. The van der Waals surface area contributed by atoms with Gasteiger partial charge in [0.2, 0.25) is 0 Å². The summed E-state index contributed by atoms with van der Waals surface area (Å²) in [7, 11) is 2.18. The Labute approximate surface area is 116 Å². The smallest absolute Gasteiger partial charge is 0.148 e. The summed E-state index contributed by atoms with van der Waals surface area (Å²) in [5.41, 5.74) is 7.88. The van der Waals surface area contributed by atoms with Crippen molar-refractivity contribution in [1.82, 2.24) is 14.7 Å². The summed E-state index contributed by atoms with van der Waals surface area (Å²) in [6.07, 6.45) is 1.15. The minimum atomic E-state index is 0.320. The maximum absolute atomic E-state index is 6.17. The third-order valence-corrected chi connectivity index (χ3v) is 4.05. The number of hydrogen-bond donors (Lipinski definition) is 2. The Morgan fingerprint density at radius 3 is 2.68 bits per heavy atom. The Kier molecular flexibility index (Phi) is 4.04. The van der Waals surface area contributed by atoms with Crippen molar-refractivity contribution in [1.29, 1.82) is 0 Å². The molecule has 1 aromatic heterocycles. The number of nitrogens with two attached hydrogens (primary N) is 1. The van der Waals surface area contributed by atoms with E-state index in [0.717, 1.165) is 36.7 Å². The quantitative estimate of drug-likeness (QED) is 0.879. The van der Waals surface area contributed by atoms with E-state index in [4.69, 9.17) is 5.73 Å². The van der Waals surface area contributed by atoms with Gasteiger partial charge in [-0.15, -0.1) is 0 Å². The van der Waals surface area contributed by atoms with Gasteiger partial charge >= 0.3 is 0 Å². The van der Waals surface area contributed by atoms with E-state index >= 15 is 0 Å². The molecule has 0 saturated carbocycles. The molecule has 0 radical (unpaired) electrons. The molecule has 1 aliphatic rings. The lowest BCUT2D eigenvalue weighted by Crippen LogP contribution is -2.43. The van der Waals surface area contributed by atoms with Crippen LogP contribution in [0, 0.1) is 12.8 Å². The third kappa shape index (κ3) is 2.86. The van der Waals surface area contributed by atoms with Crippen LogP contribution in [0.15, 0.2) is 0 Å². The lowest BCUT2D eigenvalue weighted by Gasteiger charge is -2.36. The van der Waals surface area contributed by atoms with Gasteiger partial charge < -0.3 is 16.0 Å². The summed E-state index contributed by atoms with van der Waals surface area (Å²) >= 11 is 0. The van der Waals surface area contributed by atoms with Crippen molar-refractivity contribution in [3.63, 3.8) is 0 Å². The van der Waals surface area contributed by atoms with Crippen molar-refractivity contribution in [3.8, 4) is 0 Å². The van der Waals surface area contributed by atoms with Crippen LogP contribution in [0.5, 0.6) is 0 Å². The van der Waals surface area contributed by atoms with Crippen LogP contribution in [0.25, 0.3) is 0 Å². The highest BCUT2D eigenvalue weighted by atomic mass is 15.4. The fourth-order valence-electron chi connectivity index (χ4n) is 2.82. The van der Waals surface area contributed by atoms with E-state index in [0.29, 0.717) is 18.0 Å². The topological polar surface area (TPSA) is 59.1 Å². The van der Waals surface area contributed by atoms with Gasteiger partial charge in [-0.05, 0) is 46.7 Å². The molecule has 108 valence electrons. The maximum Gasteiger partial charge on any atom is 0.148 e. The molecule has 19 heavy (non-hydrogen) atoms. The fraction of sp³-hybridized carbons (Fsp3) is 0.786. The van der Waals surface area contributed by atoms with Crippen LogP contribution >= 0.6 is 0 Å². The third-order valence-electron chi connectivity index (χ3n) is 4.05. The van der Waals surface area contributed by atoms with Gasteiger partial charge in [0.25, 0.3) is 0 Å². The van der Waals surface area contributed by atoms with Crippen LogP contribution in [0.4, 0.5) is 11.5 Å². The van der Waals surface area contributed by atoms with Crippen LogP contribution in [0.3, 0.4) is 0 Å². The predicted octanol–water partition coefficient (Wildman–Crippen LogP) is 2.11. The highest BCUT2D eigenvalue weighted by molar-refractivity contribution is 5.65. The number of nitrogens with one attached hydrogen (secondary N) is 1. The number of nitrogens with zero attached hydrogens (tertiary/aromatic N) is 3. The molecular formula is C14H27N5. The van der Waals surface area contributed by atoms with E-state index in [-0.39, 0.29) is 0 Å². The van der Waals surface area contributed by atoms with Gasteiger partial charge in [-0.3, -0.25) is 0 Å². The summed E-state index contributed by atoms with van der Waals surface area (Å²) in [4.78, 5) is 2.39. The van der Waals surface area contributed by atoms with Crippen molar-refractivity contribution in [3.05, 3.63) is 5.69 Å². The number of likely N-dealkylation sites (tertiary alicyclic amines) is 1. The molecule has 2 rings (SSSR count). The lowest BCUT2D eigenvalue weighted by molar-refractivity contribution is 0.205. The van der Waals surface area contributed by atoms with Gasteiger partial charge in [0.05, 0.1) is 11.4 Å². The van der Waals surface area contributed by atoms with Crippen LogP contribution in [-0.4, -0.2) is 40.9 Å². The predicted molar refractivity (Wildman–Crippen MR) is 80.5 cm³/mol. The zero-order valence-electron chi connectivity index (χ0n) is 12.8. The Bertz CT molecular complexity index is 437. The largest absolute Gasteiger partial charge is 0.394 e. The zero-order valence-corrected chi connectivity index (χ0v) is 12.8. The molecule has 0 spiro atoms. The average molecular weight is 265 g/mol. The average Bonchev–Trinajstić information content (AvgIpc) is 2.61. The molecule has 2 unspecified atom stereocenters. The SMILES string of the molecule is Cc1nn(C(C)C)c(NC2CCN(C)CC2C)c1N. The van der Waals surface area contributed by atoms with Crippen LogP contribution in [0.1, 0.15) is 38.9 Å². The van der Waals surface area contributed by atoms with Gasteiger partial charge in [0.15, 0.2) is 0 Å². The van der Waals surface area contributed by atoms with Gasteiger partial charge in [-0.25, -0.2) is 4.68 Å². The summed E-state index contributed by atoms with van der Waals surface area (Å²) in [6, 6.07) is 0.798. The van der Waals surface area contributed by atoms with Crippen LogP contribution < -0.4 is 11.1 Å². The summed E-state index contributed by atoms with van der Waals surface area (Å²) in [5, 5.41) is 8.17. The molecule has 0 aromatic carbocycles. The minimum Gasteiger partial charge on any atom is -0.394 e. The second kappa shape index (κ2) is 5.41. The molecule has 1 saturated heterocycles. The molecule has 0 bridgehead atoms. The van der Waals surface area contributed by atoms with Crippen LogP contribution in [-0.2, 0) is 0 Å². The normalized spacial score (nSPS) is 24.9. The number of anilines is 2. The van der Waals surface area contributed by atoms with E-state index in [1.807, 2.05) is 11.6 Å². The Morgan fingerprint density at radius 2 is 2.11 bits per heavy atom. The first kappa shape index (κ1) is 14.2. The number of aryl methyl sites for hydroxylation is 1.